The van der Waals surface area contributed by atoms with E-state index in [0.717, 1.165) is 11.6 Å². The number of hydrogen-bond donors (Lipinski definition) is 1. The van der Waals surface area contributed by atoms with E-state index < -0.39 is 11.6 Å². The van der Waals surface area contributed by atoms with Crippen molar-refractivity contribution in [3.63, 3.8) is 0 Å². The van der Waals surface area contributed by atoms with Gasteiger partial charge in [-0.05, 0) is 55.7 Å². The van der Waals surface area contributed by atoms with Gasteiger partial charge in [0.05, 0.1) is 0 Å². The van der Waals surface area contributed by atoms with Crippen molar-refractivity contribution in [3.05, 3.63) is 70.5 Å². The van der Waals surface area contributed by atoms with Crippen LogP contribution < -0.4 is 5.32 Å². The summed E-state index contributed by atoms with van der Waals surface area (Å²) in [6.45, 7) is 5.47. The van der Waals surface area contributed by atoms with Gasteiger partial charge in [0.25, 0.3) is 0 Å². The maximum Gasteiger partial charge on any atom is 0.159 e. The van der Waals surface area contributed by atoms with E-state index in [2.05, 4.69) is 5.32 Å². The summed E-state index contributed by atoms with van der Waals surface area (Å²) in [5.41, 5.74) is 2.06. The maximum absolute atomic E-state index is 13.6. The van der Waals surface area contributed by atoms with Crippen LogP contribution in [0.25, 0.3) is 0 Å². The first-order chi connectivity index (χ1) is 9.88. The highest BCUT2D eigenvalue weighted by molar-refractivity contribution is 5.26. The lowest BCUT2D eigenvalue weighted by atomic mass is 10.0. The molecule has 2 unspecified atom stereocenters. The molecule has 0 bridgehead atoms. The molecule has 0 radical (unpaired) electrons. The monoisotopic (exact) mass is 293 g/mol. The van der Waals surface area contributed by atoms with Crippen molar-refractivity contribution in [3.8, 4) is 0 Å². The topological polar surface area (TPSA) is 12.0 Å². The third-order valence-corrected chi connectivity index (χ3v) is 3.64. The quantitative estimate of drug-likeness (QED) is 0.852. The fourth-order valence-electron chi connectivity index (χ4n) is 2.23. The van der Waals surface area contributed by atoms with Gasteiger partial charge in [-0.2, -0.15) is 0 Å². The van der Waals surface area contributed by atoms with Crippen LogP contribution in [-0.4, -0.2) is 0 Å². The summed E-state index contributed by atoms with van der Waals surface area (Å²) in [5, 5.41) is 3.25. The first-order valence-electron chi connectivity index (χ1n) is 6.85. The van der Waals surface area contributed by atoms with E-state index in [4.69, 9.17) is 0 Å². The van der Waals surface area contributed by atoms with E-state index >= 15 is 0 Å². The number of halogens is 3. The number of aryl methyl sites for hydroxylation is 1. The number of benzene rings is 2. The molecular formula is C17H18F3N. The SMILES string of the molecule is Cc1ccc(C(C)NC(C)c2ccc(F)c(F)c2)cc1F. The molecule has 0 amide bonds. The van der Waals surface area contributed by atoms with E-state index in [0.29, 0.717) is 11.1 Å². The van der Waals surface area contributed by atoms with E-state index in [1.807, 2.05) is 19.9 Å². The van der Waals surface area contributed by atoms with Crippen LogP contribution in [-0.2, 0) is 0 Å². The van der Waals surface area contributed by atoms with Gasteiger partial charge in [-0.25, -0.2) is 13.2 Å². The first kappa shape index (κ1) is 15.6. The average Bonchev–Trinajstić information content (AvgIpc) is 2.44. The normalized spacial score (nSPS) is 14.0. The van der Waals surface area contributed by atoms with Crippen molar-refractivity contribution in [2.75, 3.05) is 0 Å². The van der Waals surface area contributed by atoms with Gasteiger partial charge in [-0.1, -0.05) is 18.2 Å². The molecule has 1 nitrogen and oxygen atoms in total. The minimum absolute atomic E-state index is 0.108. The molecule has 0 fully saturated rings. The molecule has 0 aromatic heterocycles. The summed E-state index contributed by atoms with van der Waals surface area (Å²) in [7, 11) is 0. The molecule has 0 spiro atoms. The smallest absolute Gasteiger partial charge is 0.159 e. The average molecular weight is 293 g/mol. The molecule has 2 aromatic carbocycles. The molecule has 21 heavy (non-hydrogen) atoms. The highest BCUT2D eigenvalue weighted by atomic mass is 19.2. The second kappa shape index (κ2) is 6.31. The van der Waals surface area contributed by atoms with Crippen molar-refractivity contribution in [2.45, 2.75) is 32.9 Å². The zero-order valence-corrected chi connectivity index (χ0v) is 12.3. The Kier molecular flexibility index (Phi) is 4.68. The fourth-order valence-corrected chi connectivity index (χ4v) is 2.23. The predicted octanol–water partition coefficient (Wildman–Crippen LogP) is 4.82. The molecule has 2 atom stereocenters. The molecule has 2 aromatic rings. The molecule has 0 aliphatic carbocycles. The van der Waals surface area contributed by atoms with Crippen LogP contribution in [0, 0.1) is 24.4 Å². The second-order valence-corrected chi connectivity index (χ2v) is 5.29. The first-order valence-corrected chi connectivity index (χ1v) is 6.85. The van der Waals surface area contributed by atoms with Crippen molar-refractivity contribution in [1.29, 1.82) is 0 Å². The highest BCUT2D eigenvalue weighted by Gasteiger charge is 2.14. The van der Waals surface area contributed by atoms with E-state index in [1.54, 1.807) is 19.1 Å². The zero-order chi connectivity index (χ0) is 15.6. The lowest BCUT2D eigenvalue weighted by Gasteiger charge is -2.21. The Balaban J connectivity index is 2.12. The highest BCUT2D eigenvalue weighted by Crippen LogP contribution is 2.22. The maximum atomic E-state index is 13.6. The molecule has 2 rings (SSSR count). The Morgan fingerprint density at radius 1 is 0.762 bits per heavy atom. The molecule has 4 heteroatoms. The zero-order valence-electron chi connectivity index (χ0n) is 12.3. The van der Waals surface area contributed by atoms with E-state index in [-0.39, 0.29) is 17.9 Å². The van der Waals surface area contributed by atoms with Gasteiger partial charge in [-0.15, -0.1) is 0 Å². The number of hydrogen-bond acceptors (Lipinski definition) is 1. The van der Waals surface area contributed by atoms with Crippen LogP contribution >= 0.6 is 0 Å². The minimum Gasteiger partial charge on any atom is -0.304 e. The van der Waals surface area contributed by atoms with Crippen molar-refractivity contribution >= 4 is 0 Å². The summed E-state index contributed by atoms with van der Waals surface area (Å²) in [6, 6.07) is 8.61. The third-order valence-electron chi connectivity index (χ3n) is 3.64. The fraction of sp³-hybridized carbons (Fsp3) is 0.294. The third kappa shape index (κ3) is 3.64. The summed E-state index contributed by atoms with van der Waals surface area (Å²) in [4.78, 5) is 0. The molecule has 0 heterocycles. The van der Waals surface area contributed by atoms with Gasteiger partial charge in [0.1, 0.15) is 5.82 Å². The number of rotatable bonds is 4. The van der Waals surface area contributed by atoms with Crippen LogP contribution in [0.15, 0.2) is 36.4 Å². The Labute approximate surface area is 122 Å². The standard InChI is InChI=1S/C17H18F3N/c1-10-4-5-13(8-16(10)19)11(2)21-12(3)14-6-7-15(18)17(20)9-14/h4-9,11-12,21H,1-3H3. The lowest BCUT2D eigenvalue weighted by Crippen LogP contribution is -2.22. The Morgan fingerprint density at radius 3 is 1.81 bits per heavy atom. The Hall–Kier alpha value is -1.81. The van der Waals surface area contributed by atoms with Crippen molar-refractivity contribution in [1.82, 2.24) is 5.32 Å². The molecule has 0 saturated carbocycles. The second-order valence-electron chi connectivity index (χ2n) is 5.29. The Bertz CT molecular complexity index is 584. The molecule has 0 saturated heterocycles. The summed E-state index contributed by atoms with van der Waals surface area (Å²) in [6.07, 6.45) is 0. The number of nitrogens with one attached hydrogen (secondary N) is 1. The van der Waals surface area contributed by atoms with E-state index in [9.17, 15) is 13.2 Å². The Morgan fingerprint density at radius 2 is 1.29 bits per heavy atom. The van der Waals surface area contributed by atoms with E-state index in [1.165, 1.54) is 12.1 Å². The van der Waals surface area contributed by atoms with Gasteiger partial charge >= 0.3 is 0 Å². The van der Waals surface area contributed by atoms with Crippen LogP contribution in [0.4, 0.5) is 13.2 Å². The van der Waals surface area contributed by atoms with Gasteiger partial charge in [0.2, 0.25) is 0 Å². The predicted molar refractivity (Wildman–Crippen MR) is 77.5 cm³/mol. The summed E-state index contributed by atoms with van der Waals surface area (Å²) in [5.74, 6) is -1.98. The molecule has 0 aliphatic rings. The van der Waals surface area contributed by atoms with Crippen LogP contribution in [0.3, 0.4) is 0 Å². The molecular weight excluding hydrogens is 275 g/mol. The summed E-state index contributed by atoms with van der Waals surface area (Å²) >= 11 is 0. The van der Waals surface area contributed by atoms with Gasteiger partial charge in [-0.3, -0.25) is 0 Å². The minimum atomic E-state index is -0.866. The van der Waals surface area contributed by atoms with Crippen LogP contribution in [0.5, 0.6) is 0 Å². The van der Waals surface area contributed by atoms with Crippen molar-refractivity contribution in [2.24, 2.45) is 0 Å². The van der Waals surface area contributed by atoms with Gasteiger partial charge in [0.15, 0.2) is 11.6 Å². The molecule has 1 N–H and O–H groups in total. The molecule has 0 aliphatic heterocycles. The van der Waals surface area contributed by atoms with Gasteiger partial charge < -0.3 is 5.32 Å². The largest absolute Gasteiger partial charge is 0.304 e. The molecule has 112 valence electrons. The van der Waals surface area contributed by atoms with Crippen LogP contribution in [0.2, 0.25) is 0 Å². The van der Waals surface area contributed by atoms with Crippen molar-refractivity contribution < 1.29 is 13.2 Å². The summed E-state index contributed by atoms with van der Waals surface area (Å²) < 4.78 is 39.8. The lowest BCUT2D eigenvalue weighted by molar-refractivity contribution is 0.478. The van der Waals surface area contributed by atoms with Gasteiger partial charge in [0, 0.05) is 12.1 Å². The van der Waals surface area contributed by atoms with Crippen LogP contribution in [0.1, 0.15) is 42.6 Å².